The van der Waals surface area contributed by atoms with E-state index < -0.39 is 0 Å². The van der Waals surface area contributed by atoms with E-state index in [1.807, 2.05) is 0 Å². The third-order valence-electron chi connectivity index (χ3n) is 1.79. The van der Waals surface area contributed by atoms with E-state index in [9.17, 15) is 0 Å². The van der Waals surface area contributed by atoms with Crippen molar-refractivity contribution in [1.29, 1.82) is 0 Å². The fourth-order valence-corrected chi connectivity index (χ4v) is 5.03. The van der Waals surface area contributed by atoms with Gasteiger partial charge in [-0.05, 0) is 0 Å². The van der Waals surface area contributed by atoms with Crippen LogP contribution in [-0.2, 0) is 0 Å². The van der Waals surface area contributed by atoms with Crippen LogP contribution in [0.4, 0.5) is 0 Å². The van der Waals surface area contributed by atoms with Gasteiger partial charge in [0.15, 0.2) is 0 Å². The first kappa shape index (κ1) is 10.6. The standard InChI is InChI=1S/C9H21As/c1-4-6-8-10(3)9-7-5-2/h4-9H2,1-3H3. The predicted octanol–water partition coefficient (Wildman–Crippen LogP) is 3.71. The van der Waals surface area contributed by atoms with Gasteiger partial charge < -0.3 is 0 Å². The molecule has 0 bridgehead atoms. The number of unbranched alkanes of at least 4 members (excludes halogenated alkanes) is 2. The van der Waals surface area contributed by atoms with Gasteiger partial charge in [-0.2, -0.15) is 0 Å². The van der Waals surface area contributed by atoms with Crippen molar-refractivity contribution in [3.8, 4) is 0 Å². The first-order chi connectivity index (χ1) is 4.81. The normalized spacial score (nSPS) is 10.8. The fraction of sp³-hybridized carbons (Fsp3) is 1.00. The zero-order valence-corrected chi connectivity index (χ0v) is 9.57. The molecule has 0 aliphatic carbocycles. The second kappa shape index (κ2) is 7.66. The van der Waals surface area contributed by atoms with Gasteiger partial charge in [-0.1, -0.05) is 0 Å². The van der Waals surface area contributed by atoms with E-state index >= 15 is 0 Å². The second-order valence-electron chi connectivity index (χ2n) is 3.01. The van der Waals surface area contributed by atoms with E-state index in [0.717, 1.165) is 0 Å². The van der Waals surface area contributed by atoms with Crippen LogP contribution in [0.3, 0.4) is 0 Å². The summed E-state index contributed by atoms with van der Waals surface area (Å²) in [7, 11) is 0. The Hall–Kier alpha value is 0.558. The summed E-state index contributed by atoms with van der Waals surface area (Å²) in [5, 5.41) is 3.17. The van der Waals surface area contributed by atoms with Gasteiger partial charge in [0.25, 0.3) is 0 Å². The van der Waals surface area contributed by atoms with E-state index in [1.54, 1.807) is 10.4 Å². The molecule has 0 rings (SSSR count). The molecule has 0 atom stereocenters. The molecule has 0 N–H and O–H groups in total. The van der Waals surface area contributed by atoms with Crippen LogP contribution in [0.1, 0.15) is 39.5 Å². The van der Waals surface area contributed by atoms with Crippen molar-refractivity contribution in [2.45, 2.75) is 55.7 Å². The van der Waals surface area contributed by atoms with Crippen molar-refractivity contribution in [2.24, 2.45) is 0 Å². The van der Waals surface area contributed by atoms with Crippen LogP contribution >= 0.6 is 0 Å². The van der Waals surface area contributed by atoms with Crippen molar-refractivity contribution in [3.63, 3.8) is 0 Å². The van der Waals surface area contributed by atoms with Gasteiger partial charge in [0.1, 0.15) is 0 Å². The molecule has 0 nitrogen and oxygen atoms in total. The molecule has 0 radical (unpaired) electrons. The van der Waals surface area contributed by atoms with Gasteiger partial charge in [-0.3, -0.25) is 0 Å². The SMILES string of the molecule is CCCC[As](C)CCCC. The summed E-state index contributed by atoms with van der Waals surface area (Å²) in [6.07, 6.45) is 5.76. The molecule has 0 spiro atoms. The van der Waals surface area contributed by atoms with Crippen molar-refractivity contribution >= 4 is 14.7 Å². The summed E-state index contributed by atoms with van der Waals surface area (Å²) < 4.78 is 0. The molecule has 0 aromatic rings. The molecule has 0 aliphatic rings. The van der Waals surface area contributed by atoms with Gasteiger partial charge in [-0.25, -0.2) is 0 Å². The van der Waals surface area contributed by atoms with Gasteiger partial charge in [0.05, 0.1) is 0 Å². The van der Waals surface area contributed by atoms with Crippen LogP contribution in [0.25, 0.3) is 0 Å². The van der Waals surface area contributed by atoms with E-state index in [2.05, 4.69) is 19.6 Å². The van der Waals surface area contributed by atoms with Crippen LogP contribution < -0.4 is 0 Å². The van der Waals surface area contributed by atoms with Gasteiger partial charge >= 0.3 is 70.3 Å². The average Bonchev–Trinajstić information content (AvgIpc) is 1.97. The molecule has 0 unspecified atom stereocenters. The van der Waals surface area contributed by atoms with Crippen LogP contribution in [-0.4, -0.2) is 14.7 Å². The topological polar surface area (TPSA) is 0 Å². The molecular formula is C9H21As. The minimum absolute atomic E-state index is 0.298. The van der Waals surface area contributed by atoms with E-state index in [4.69, 9.17) is 0 Å². The average molecular weight is 204 g/mol. The Bertz CT molecular complexity index is 53.7. The van der Waals surface area contributed by atoms with Gasteiger partial charge in [-0.15, -0.1) is 0 Å². The van der Waals surface area contributed by atoms with E-state index in [0.29, 0.717) is 0 Å². The first-order valence-corrected chi connectivity index (χ1v) is 9.02. The fourth-order valence-electron chi connectivity index (χ4n) is 0.968. The molecule has 0 fully saturated rings. The number of hydrogen-bond acceptors (Lipinski definition) is 0. The van der Waals surface area contributed by atoms with Gasteiger partial charge in [0, 0.05) is 0 Å². The summed E-state index contributed by atoms with van der Waals surface area (Å²) in [4.78, 5) is 0. The molecular weight excluding hydrogens is 183 g/mol. The minimum atomic E-state index is -0.298. The Kier molecular flexibility index (Phi) is 8.09. The molecule has 0 saturated carbocycles. The summed E-state index contributed by atoms with van der Waals surface area (Å²) >= 11 is -0.298. The zero-order chi connectivity index (χ0) is 7.82. The summed E-state index contributed by atoms with van der Waals surface area (Å²) in [6, 6.07) is 0. The Balaban J connectivity index is 3.00. The van der Waals surface area contributed by atoms with Crippen LogP contribution in [0.15, 0.2) is 0 Å². The molecule has 0 saturated heterocycles. The predicted molar refractivity (Wildman–Crippen MR) is 51.0 cm³/mol. The third-order valence-corrected chi connectivity index (χ3v) is 6.32. The molecule has 0 aliphatic heterocycles. The van der Waals surface area contributed by atoms with Crippen LogP contribution in [0, 0.1) is 0 Å². The van der Waals surface area contributed by atoms with Crippen LogP contribution in [0.5, 0.6) is 0 Å². The summed E-state index contributed by atoms with van der Waals surface area (Å²) in [6.45, 7) is 4.59. The molecule has 0 amide bonds. The second-order valence-corrected chi connectivity index (χ2v) is 8.48. The Morgan fingerprint density at radius 1 is 0.900 bits per heavy atom. The monoisotopic (exact) mass is 204 g/mol. The Labute approximate surface area is 70.7 Å². The molecule has 1 heteroatoms. The van der Waals surface area contributed by atoms with Crippen molar-refractivity contribution < 1.29 is 0 Å². The van der Waals surface area contributed by atoms with Crippen molar-refractivity contribution in [2.75, 3.05) is 0 Å². The van der Waals surface area contributed by atoms with Crippen molar-refractivity contribution in [3.05, 3.63) is 0 Å². The van der Waals surface area contributed by atoms with Gasteiger partial charge in [0.2, 0.25) is 0 Å². The number of rotatable bonds is 6. The molecule has 10 heavy (non-hydrogen) atoms. The van der Waals surface area contributed by atoms with Crippen molar-refractivity contribution in [1.82, 2.24) is 0 Å². The molecule has 0 aromatic carbocycles. The quantitative estimate of drug-likeness (QED) is 0.578. The summed E-state index contributed by atoms with van der Waals surface area (Å²) in [5.74, 6) is 0. The van der Waals surface area contributed by atoms with Crippen LogP contribution in [0.2, 0.25) is 16.1 Å². The first-order valence-electron chi connectivity index (χ1n) is 4.49. The Morgan fingerprint density at radius 3 is 1.60 bits per heavy atom. The molecule has 0 aromatic heterocycles. The van der Waals surface area contributed by atoms with E-state index in [1.165, 1.54) is 25.7 Å². The maximum absolute atomic E-state index is 2.53. The summed E-state index contributed by atoms with van der Waals surface area (Å²) in [5.41, 5.74) is 2.53. The maximum atomic E-state index is 2.53. The zero-order valence-electron chi connectivity index (χ0n) is 7.69. The van der Waals surface area contributed by atoms with E-state index in [-0.39, 0.29) is 14.7 Å². The Morgan fingerprint density at radius 2 is 1.30 bits per heavy atom. The molecule has 0 heterocycles. The number of hydrogen-bond donors (Lipinski definition) is 0. The third kappa shape index (κ3) is 6.68. The molecule has 62 valence electrons.